The lowest BCUT2D eigenvalue weighted by Gasteiger charge is -2.14. The highest BCUT2D eigenvalue weighted by Gasteiger charge is 2.16. The van der Waals surface area contributed by atoms with Crippen molar-refractivity contribution < 1.29 is 4.74 Å². The van der Waals surface area contributed by atoms with Crippen LogP contribution in [0, 0.1) is 0 Å². The van der Waals surface area contributed by atoms with Crippen molar-refractivity contribution in [2.24, 2.45) is 0 Å². The van der Waals surface area contributed by atoms with Gasteiger partial charge in [-0.05, 0) is 12.8 Å². The summed E-state index contributed by atoms with van der Waals surface area (Å²) in [6.45, 7) is 1.96. The van der Waals surface area contributed by atoms with E-state index in [4.69, 9.17) is 10.5 Å². The summed E-state index contributed by atoms with van der Waals surface area (Å²) in [7, 11) is 1.52. The highest BCUT2D eigenvalue weighted by Crippen LogP contribution is 2.17. The molecule has 6 heteroatoms. The molecule has 0 radical (unpaired) electrons. The van der Waals surface area contributed by atoms with Crippen LogP contribution in [0.25, 0.3) is 0 Å². The van der Waals surface area contributed by atoms with Gasteiger partial charge < -0.3 is 15.4 Å². The maximum Gasteiger partial charge on any atom is 0.322 e. The second-order valence-electron chi connectivity index (χ2n) is 3.17. The van der Waals surface area contributed by atoms with Gasteiger partial charge in [0.1, 0.15) is 0 Å². The van der Waals surface area contributed by atoms with Crippen molar-refractivity contribution in [2.45, 2.75) is 12.8 Å². The Kier molecular flexibility index (Phi) is 2.34. The van der Waals surface area contributed by atoms with E-state index in [1.807, 2.05) is 0 Å². The average molecular weight is 195 g/mol. The van der Waals surface area contributed by atoms with Gasteiger partial charge in [-0.25, -0.2) is 0 Å². The zero-order valence-corrected chi connectivity index (χ0v) is 8.10. The van der Waals surface area contributed by atoms with Crippen molar-refractivity contribution >= 4 is 11.9 Å². The van der Waals surface area contributed by atoms with Gasteiger partial charge >= 0.3 is 6.01 Å². The zero-order valence-electron chi connectivity index (χ0n) is 8.10. The Labute approximate surface area is 82.1 Å². The minimum atomic E-state index is 0.207. The van der Waals surface area contributed by atoms with Crippen molar-refractivity contribution in [2.75, 3.05) is 30.8 Å². The molecule has 6 nitrogen and oxygen atoms in total. The first-order valence-electron chi connectivity index (χ1n) is 4.60. The van der Waals surface area contributed by atoms with Crippen LogP contribution < -0.4 is 15.4 Å². The van der Waals surface area contributed by atoms with Gasteiger partial charge in [0.15, 0.2) is 0 Å². The van der Waals surface area contributed by atoms with Crippen LogP contribution in [0.5, 0.6) is 6.01 Å². The average Bonchev–Trinajstić information content (AvgIpc) is 2.69. The lowest BCUT2D eigenvalue weighted by molar-refractivity contribution is 0.379. The summed E-state index contributed by atoms with van der Waals surface area (Å²) < 4.78 is 4.93. The van der Waals surface area contributed by atoms with E-state index in [2.05, 4.69) is 19.9 Å². The molecule has 2 heterocycles. The molecule has 1 aromatic heterocycles. The molecule has 0 bridgehead atoms. The summed E-state index contributed by atoms with van der Waals surface area (Å²) in [5.41, 5.74) is 5.53. The number of hydrogen-bond donors (Lipinski definition) is 1. The lowest BCUT2D eigenvalue weighted by atomic mass is 10.4. The summed E-state index contributed by atoms with van der Waals surface area (Å²) in [6, 6.07) is 0.277. The predicted octanol–water partition coefficient (Wildman–Crippen LogP) is 0.0626. The fourth-order valence-corrected chi connectivity index (χ4v) is 1.51. The van der Waals surface area contributed by atoms with Crippen LogP contribution in [-0.4, -0.2) is 35.2 Å². The number of nitrogen functional groups attached to an aromatic ring is 1. The molecule has 14 heavy (non-hydrogen) atoms. The smallest absolute Gasteiger partial charge is 0.322 e. The van der Waals surface area contributed by atoms with E-state index in [9.17, 15) is 0 Å². The second-order valence-corrected chi connectivity index (χ2v) is 3.17. The number of aromatic nitrogens is 3. The Hall–Kier alpha value is -1.59. The molecule has 1 saturated heterocycles. The molecule has 0 amide bonds. The Balaban J connectivity index is 2.27. The van der Waals surface area contributed by atoms with Crippen LogP contribution >= 0.6 is 0 Å². The quantitative estimate of drug-likeness (QED) is 0.719. The Morgan fingerprint density at radius 2 is 1.93 bits per heavy atom. The first-order chi connectivity index (χ1) is 6.79. The minimum absolute atomic E-state index is 0.207. The molecule has 0 aliphatic carbocycles. The second kappa shape index (κ2) is 3.65. The van der Waals surface area contributed by atoms with Crippen LogP contribution in [0.3, 0.4) is 0 Å². The van der Waals surface area contributed by atoms with Gasteiger partial charge in [-0.15, -0.1) is 0 Å². The molecule has 76 valence electrons. The molecule has 2 N–H and O–H groups in total. The van der Waals surface area contributed by atoms with E-state index in [0.717, 1.165) is 13.1 Å². The fraction of sp³-hybridized carbons (Fsp3) is 0.625. The third-order valence-corrected chi connectivity index (χ3v) is 2.19. The molecular weight excluding hydrogens is 182 g/mol. The third-order valence-electron chi connectivity index (χ3n) is 2.19. The van der Waals surface area contributed by atoms with Crippen molar-refractivity contribution in [3.8, 4) is 6.01 Å². The topological polar surface area (TPSA) is 77.2 Å². The van der Waals surface area contributed by atoms with Crippen LogP contribution in [0.4, 0.5) is 11.9 Å². The lowest BCUT2D eigenvalue weighted by Crippen LogP contribution is -2.21. The number of ether oxygens (including phenoxy) is 1. The molecule has 1 aliphatic rings. The molecule has 0 atom stereocenters. The van der Waals surface area contributed by atoms with Crippen molar-refractivity contribution in [1.82, 2.24) is 15.0 Å². The van der Waals surface area contributed by atoms with Gasteiger partial charge in [0.25, 0.3) is 0 Å². The Morgan fingerprint density at radius 1 is 1.21 bits per heavy atom. The van der Waals surface area contributed by atoms with Gasteiger partial charge in [-0.2, -0.15) is 15.0 Å². The number of nitrogens with two attached hydrogens (primary N) is 1. The van der Waals surface area contributed by atoms with E-state index in [-0.39, 0.29) is 12.0 Å². The molecule has 1 fully saturated rings. The predicted molar refractivity (Wildman–Crippen MR) is 52.2 cm³/mol. The molecule has 0 spiro atoms. The van der Waals surface area contributed by atoms with Crippen LogP contribution in [-0.2, 0) is 0 Å². The third kappa shape index (κ3) is 1.68. The highest BCUT2D eigenvalue weighted by atomic mass is 16.5. The first-order valence-corrected chi connectivity index (χ1v) is 4.60. The van der Waals surface area contributed by atoms with Gasteiger partial charge in [0, 0.05) is 13.1 Å². The minimum Gasteiger partial charge on any atom is -0.467 e. The molecular formula is C8H13N5O. The van der Waals surface area contributed by atoms with Gasteiger partial charge in [0.2, 0.25) is 11.9 Å². The molecule has 0 saturated carbocycles. The molecule has 0 unspecified atom stereocenters. The monoisotopic (exact) mass is 195 g/mol. The van der Waals surface area contributed by atoms with Crippen LogP contribution in [0.2, 0.25) is 0 Å². The SMILES string of the molecule is COc1nc(N)nc(N2CCCC2)n1. The number of rotatable bonds is 2. The Bertz CT molecular complexity index is 324. The van der Waals surface area contributed by atoms with Crippen LogP contribution in [0.1, 0.15) is 12.8 Å². The summed E-state index contributed by atoms with van der Waals surface area (Å²) in [4.78, 5) is 14.1. The van der Waals surface area contributed by atoms with Crippen LogP contribution in [0.15, 0.2) is 0 Å². The van der Waals surface area contributed by atoms with Crippen molar-refractivity contribution in [3.05, 3.63) is 0 Å². The highest BCUT2D eigenvalue weighted by molar-refractivity contribution is 5.36. The fourth-order valence-electron chi connectivity index (χ4n) is 1.51. The molecule has 0 aromatic carbocycles. The standard InChI is InChI=1S/C8H13N5O/c1-14-8-11-6(9)10-7(12-8)13-4-2-3-5-13/h2-5H2,1H3,(H2,9,10,11,12). The van der Waals surface area contributed by atoms with E-state index in [1.54, 1.807) is 0 Å². The first kappa shape index (κ1) is 8.98. The molecule has 1 aliphatic heterocycles. The summed E-state index contributed by atoms with van der Waals surface area (Å²) in [5.74, 6) is 0.825. The number of methoxy groups -OCH3 is 1. The summed E-state index contributed by atoms with van der Waals surface area (Å²) in [6.07, 6.45) is 2.35. The van der Waals surface area contributed by atoms with Crippen molar-refractivity contribution in [1.29, 1.82) is 0 Å². The summed E-state index contributed by atoms with van der Waals surface area (Å²) in [5, 5.41) is 0. The van der Waals surface area contributed by atoms with Gasteiger partial charge in [-0.3, -0.25) is 0 Å². The van der Waals surface area contributed by atoms with E-state index < -0.39 is 0 Å². The van der Waals surface area contributed by atoms with Gasteiger partial charge in [0.05, 0.1) is 7.11 Å². The number of nitrogens with zero attached hydrogens (tertiary/aromatic N) is 4. The van der Waals surface area contributed by atoms with E-state index in [0.29, 0.717) is 5.95 Å². The number of anilines is 2. The van der Waals surface area contributed by atoms with E-state index in [1.165, 1.54) is 20.0 Å². The maximum atomic E-state index is 5.53. The Morgan fingerprint density at radius 3 is 2.57 bits per heavy atom. The normalized spacial score (nSPS) is 15.9. The van der Waals surface area contributed by atoms with E-state index >= 15 is 0 Å². The molecule has 2 rings (SSSR count). The molecule has 1 aromatic rings. The zero-order chi connectivity index (χ0) is 9.97. The van der Waals surface area contributed by atoms with Crippen molar-refractivity contribution in [3.63, 3.8) is 0 Å². The number of hydrogen-bond acceptors (Lipinski definition) is 6. The maximum absolute atomic E-state index is 5.53. The largest absolute Gasteiger partial charge is 0.467 e. The van der Waals surface area contributed by atoms with Gasteiger partial charge in [-0.1, -0.05) is 0 Å². The summed E-state index contributed by atoms with van der Waals surface area (Å²) >= 11 is 0.